The molecule has 0 spiro atoms. The third-order valence-corrected chi connectivity index (χ3v) is 5.20. The van der Waals surface area contributed by atoms with Gasteiger partial charge in [-0.25, -0.2) is 9.36 Å². The maximum absolute atomic E-state index is 12.9. The number of furan rings is 1. The fraction of sp³-hybridized carbons (Fsp3) is 0.208. The number of nitrogens with one attached hydrogen (secondary N) is 1. The molecular weight excluding hydrogens is 422 g/mol. The van der Waals surface area contributed by atoms with E-state index in [9.17, 15) is 14.4 Å². The van der Waals surface area contributed by atoms with Gasteiger partial charge in [-0.05, 0) is 38.1 Å². The molecule has 33 heavy (non-hydrogen) atoms. The first-order chi connectivity index (χ1) is 15.9. The van der Waals surface area contributed by atoms with E-state index < -0.39 is 17.0 Å². The molecule has 4 aromatic rings. The van der Waals surface area contributed by atoms with Gasteiger partial charge in [0, 0.05) is 24.2 Å². The predicted octanol–water partition coefficient (Wildman–Crippen LogP) is 2.28. The van der Waals surface area contributed by atoms with Gasteiger partial charge in [-0.3, -0.25) is 14.4 Å². The predicted molar refractivity (Wildman–Crippen MR) is 122 cm³/mol. The second-order valence-corrected chi connectivity index (χ2v) is 7.91. The van der Waals surface area contributed by atoms with Gasteiger partial charge in [-0.15, -0.1) is 0 Å². The molecule has 1 N–H and O–H groups in total. The van der Waals surface area contributed by atoms with Gasteiger partial charge >= 0.3 is 0 Å². The van der Waals surface area contributed by atoms with Gasteiger partial charge in [-0.1, -0.05) is 30.3 Å². The van der Waals surface area contributed by atoms with Gasteiger partial charge in [0.05, 0.1) is 18.5 Å². The number of nitrogens with zero attached hydrogens (tertiary/aromatic N) is 4. The van der Waals surface area contributed by atoms with Crippen LogP contribution < -0.4 is 16.4 Å². The molecule has 4 rings (SSSR count). The topological polar surface area (TPSA) is 112 Å². The summed E-state index contributed by atoms with van der Waals surface area (Å²) in [5, 5.41) is 11.5. The van der Waals surface area contributed by atoms with Crippen molar-refractivity contribution in [3.63, 3.8) is 0 Å². The van der Waals surface area contributed by atoms with E-state index in [1.807, 2.05) is 30.3 Å². The van der Waals surface area contributed by atoms with Crippen LogP contribution in [0.3, 0.4) is 0 Å². The van der Waals surface area contributed by atoms with Gasteiger partial charge < -0.3 is 9.73 Å². The first-order valence-electron chi connectivity index (χ1n) is 10.4. The van der Waals surface area contributed by atoms with Crippen LogP contribution in [0.1, 0.15) is 13.8 Å². The number of benzene rings is 1. The van der Waals surface area contributed by atoms with Gasteiger partial charge in [0.2, 0.25) is 5.91 Å². The summed E-state index contributed by atoms with van der Waals surface area (Å²) in [4.78, 5) is 37.6. The summed E-state index contributed by atoms with van der Waals surface area (Å²) in [6, 6.07) is 18.9. The normalized spacial score (nSPS) is 11.3. The highest BCUT2D eigenvalue weighted by Crippen LogP contribution is 2.18. The van der Waals surface area contributed by atoms with Crippen molar-refractivity contribution < 1.29 is 9.21 Å². The van der Waals surface area contributed by atoms with Gasteiger partial charge in [0.25, 0.3) is 11.1 Å². The van der Waals surface area contributed by atoms with Gasteiger partial charge in [-0.2, -0.15) is 10.2 Å². The Labute approximate surface area is 189 Å². The van der Waals surface area contributed by atoms with Crippen LogP contribution in [0.5, 0.6) is 0 Å². The van der Waals surface area contributed by atoms with E-state index in [2.05, 4.69) is 15.5 Å². The van der Waals surface area contributed by atoms with Crippen LogP contribution in [0, 0.1) is 0 Å². The molecule has 0 aliphatic carbocycles. The highest BCUT2D eigenvalue weighted by Gasteiger charge is 2.32. The van der Waals surface area contributed by atoms with E-state index in [1.54, 1.807) is 38.1 Å². The fourth-order valence-electron chi connectivity index (χ4n) is 3.33. The molecule has 9 nitrogen and oxygen atoms in total. The zero-order valence-corrected chi connectivity index (χ0v) is 18.3. The first-order valence-corrected chi connectivity index (χ1v) is 10.4. The molecule has 3 aromatic heterocycles. The summed E-state index contributed by atoms with van der Waals surface area (Å²) in [5.74, 6) is 0.0738. The number of amides is 1. The number of carbonyl (C=O) groups is 1. The minimum absolute atomic E-state index is 0.153. The summed E-state index contributed by atoms with van der Waals surface area (Å²) in [5.41, 5.74) is 0.0231. The van der Waals surface area contributed by atoms with Crippen molar-refractivity contribution in [1.82, 2.24) is 24.9 Å². The third kappa shape index (κ3) is 4.67. The van der Waals surface area contributed by atoms with Crippen molar-refractivity contribution in [2.75, 3.05) is 6.54 Å². The molecule has 0 bridgehead atoms. The highest BCUT2D eigenvalue weighted by molar-refractivity contribution is 5.83. The maximum atomic E-state index is 12.9. The average Bonchev–Trinajstić information content (AvgIpc) is 3.36. The SMILES string of the molecule is CC(C)(C(=O)NCCn1nc(-c2ccccc2)ccc1=O)n1nc(-c2ccco2)ccc1=O. The standard InChI is InChI=1S/C24H23N5O4/c1-24(2,29-22(31)13-11-19(27-29)20-9-6-16-33-20)23(32)25-14-15-28-21(30)12-10-18(26-28)17-7-4-3-5-8-17/h3-13,16H,14-15H2,1-2H3,(H,25,32). The lowest BCUT2D eigenvalue weighted by atomic mass is 10.0. The summed E-state index contributed by atoms with van der Waals surface area (Å²) >= 11 is 0. The zero-order valence-electron chi connectivity index (χ0n) is 18.3. The minimum Gasteiger partial charge on any atom is -0.463 e. The number of hydrogen-bond acceptors (Lipinski definition) is 6. The third-order valence-electron chi connectivity index (χ3n) is 5.20. The van der Waals surface area contributed by atoms with Crippen molar-refractivity contribution in [2.24, 2.45) is 0 Å². The van der Waals surface area contributed by atoms with E-state index in [0.717, 1.165) is 10.2 Å². The second-order valence-electron chi connectivity index (χ2n) is 7.91. The summed E-state index contributed by atoms with van der Waals surface area (Å²) in [6.07, 6.45) is 1.51. The Hall–Kier alpha value is -4.27. The Morgan fingerprint density at radius 3 is 2.36 bits per heavy atom. The molecule has 0 aliphatic rings. The lowest BCUT2D eigenvalue weighted by molar-refractivity contribution is -0.129. The fourth-order valence-corrected chi connectivity index (χ4v) is 3.33. The molecule has 0 radical (unpaired) electrons. The Balaban J connectivity index is 1.48. The van der Waals surface area contributed by atoms with E-state index in [0.29, 0.717) is 17.1 Å². The number of aromatic nitrogens is 4. The first kappa shape index (κ1) is 21.9. The second kappa shape index (κ2) is 9.07. The van der Waals surface area contributed by atoms with Crippen LogP contribution in [0.15, 0.2) is 87.0 Å². The van der Waals surface area contributed by atoms with Crippen molar-refractivity contribution in [1.29, 1.82) is 0 Å². The van der Waals surface area contributed by atoms with E-state index in [-0.39, 0.29) is 18.6 Å². The average molecular weight is 445 g/mol. The van der Waals surface area contributed by atoms with Crippen LogP contribution in [0.2, 0.25) is 0 Å². The molecule has 168 valence electrons. The number of hydrogen-bond donors (Lipinski definition) is 1. The van der Waals surface area contributed by atoms with E-state index in [4.69, 9.17) is 4.42 Å². The van der Waals surface area contributed by atoms with E-state index >= 15 is 0 Å². The zero-order chi connectivity index (χ0) is 23.4. The summed E-state index contributed by atoms with van der Waals surface area (Å²) < 4.78 is 7.77. The van der Waals surface area contributed by atoms with Crippen LogP contribution in [-0.2, 0) is 16.9 Å². The maximum Gasteiger partial charge on any atom is 0.267 e. The number of rotatable bonds is 7. The lowest BCUT2D eigenvalue weighted by Gasteiger charge is -2.25. The molecule has 0 unspecified atom stereocenters. The number of carbonyl (C=O) groups excluding carboxylic acids is 1. The molecule has 0 saturated carbocycles. The minimum atomic E-state index is -1.27. The molecule has 0 aliphatic heterocycles. The molecule has 0 fully saturated rings. The quantitative estimate of drug-likeness (QED) is 0.467. The van der Waals surface area contributed by atoms with Crippen LogP contribution in [0.4, 0.5) is 0 Å². The van der Waals surface area contributed by atoms with Crippen molar-refractivity contribution in [3.8, 4) is 22.7 Å². The Kier molecular flexibility index (Phi) is 6.03. The lowest BCUT2D eigenvalue weighted by Crippen LogP contribution is -2.50. The largest absolute Gasteiger partial charge is 0.463 e. The Bertz CT molecular complexity index is 1370. The molecule has 1 amide bonds. The smallest absolute Gasteiger partial charge is 0.267 e. The van der Waals surface area contributed by atoms with Crippen LogP contribution in [-0.4, -0.2) is 32.0 Å². The van der Waals surface area contributed by atoms with Crippen LogP contribution in [0.25, 0.3) is 22.7 Å². The molecule has 0 atom stereocenters. The van der Waals surface area contributed by atoms with Gasteiger partial charge in [0.15, 0.2) is 5.76 Å². The van der Waals surface area contributed by atoms with Crippen molar-refractivity contribution >= 4 is 5.91 Å². The molecule has 0 saturated heterocycles. The Morgan fingerprint density at radius 2 is 1.64 bits per heavy atom. The molecule has 1 aromatic carbocycles. The Morgan fingerprint density at radius 1 is 0.909 bits per heavy atom. The van der Waals surface area contributed by atoms with Crippen molar-refractivity contribution in [2.45, 2.75) is 25.9 Å². The molecule has 3 heterocycles. The highest BCUT2D eigenvalue weighted by atomic mass is 16.3. The summed E-state index contributed by atoms with van der Waals surface area (Å²) in [6.45, 7) is 3.53. The summed E-state index contributed by atoms with van der Waals surface area (Å²) in [7, 11) is 0. The van der Waals surface area contributed by atoms with Crippen LogP contribution >= 0.6 is 0 Å². The van der Waals surface area contributed by atoms with Crippen molar-refractivity contribution in [3.05, 3.63) is 93.7 Å². The molecular formula is C24H23N5O4. The molecule has 9 heteroatoms. The van der Waals surface area contributed by atoms with Gasteiger partial charge in [0.1, 0.15) is 11.2 Å². The van der Waals surface area contributed by atoms with E-state index in [1.165, 1.54) is 23.1 Å². The monoisotopic (exact) mass is 445 g/mol.